The Balaban J connectivity index is 0.000000402. The summed E-state index contributed by atoms with van der Waals surface area (Å²) in [5, 5.41) is 63.9. The van der Waals surface area contributed by atoms with Gasteiger partial charge in [-0.1, -0.05) is 68.8 Å². The number of fused-ring (bicyclic) bond motifs is 4. The van der Waals surface area contributed by atoms with Gasteiger partial charge in [-0.3, -0.25) is 28.8 Å². The number of aliphatic carboxylic acids is 1. The lowest BCUT2D eigenvalue weighted by Crippen LogP contribution is -2.36. The average Bonchev–Trinajstić information content (AvgIpc) is 1.60. The Hall–Kier alpha value is -8.16. The van der Waals surface area contributed by atoms with Gasteiger partial charge in [-0.15, -0.1) is 11.6 Å². The van der Waals surface area contributed by atoms with Gasteiger partial charge in [0.05, 0.1) is 102 Å². The van der Waals surface area contributed by atoms with E-state index < -0.39 is 67.3 Å². The number of aliphatic hydroxyl groups is 5. The lowest BCUT2D eigenvalue weighted by Gasteiger charge is -2.21. The van der Waals surface area contributed by atoms with Crippen LogP contribution in [-0.4, -0.2) is 296 Å². The second-order valence-electron chi connectivity index (χ2n) is 25.8. The van der Waals surface area contributed by atoms with Crippen LogP contribution < -0.4 is 39.8 Å². The summed E-state index contributed by atoms with van der Waals surface area (Å²) in [6.07, 6.45) is -0.644. The lowest BCUT2D eigenvalue weighted by atomic mass is 9.95. The monoisotopic (exact) mass is 1710 g/mol. The molecule has 2 aromatic heterocycles. The number of carbonyl (C=O) groups excluding carboxylic acids is 7. The number of benzene rings is 3. The van der Waals surface area contributed by atoms with E-state index in [0.29, 0.717) is 103 Å². The zero-order chi connectivity index (χ0) is 86.2. The zero-order valence-electron chi connectivity index (χ0n) is 68.1. The van der Waals surface area contributed by atoms with E-state index in [2.05, 4.69) is 25.9 Å². The number of methoxy groups -OCH3 is 7. The highest BCUT2D eigenvalue weighted by atomic mass is 35.5. The summed E-state index contributed by atoms with van der Waals surface area (Å²) in [5.74, 6) is -0.812. The number of hydrogen-bond donors (Lipinski definition) is 10. The molecule has 5 amide bonds. The number of H-pyrrole nitrogens is 1. The Morgan fingerprint density at radius 3 is 1.65 bits per heavy atom. The summed E-state index contributed by atoms with van der Waals surface area (Å²) in [7, 11) is 13.4. The number of pyridine rings is 1. The molecule has 36 nitrogen and oxygen atoms in total. The van der Waals surface area contributed by atoms with E-state index in [4.69, 9.17) is 108 Å². The number of nitrogens with one attached hydrogen (secondary N) is 4. The summed E-state index contributed by atoms with van der Waals surface area (Å²) in [6, 6.07) is 18.5. The molecule has 0 saturated carbocycles. The predicted molar refractivity (Wildman–Crippen MR) is 433 cm³/mol. The number of carboxylic acid groups (broad SMARTS) is 1. The van der Waals surface area contributed by atoms with Crippen molar-refractivity contribution in [3.63, 3.8) is 0 Å². The highest BCUT2D eigenvalue weighted by molar-refractivity contribution is 8.76. The number of carbonyl (C=O) groups is 8. The van der Waals surface area contributed by atoms with Crippen molar-refractivity contribution in [2.45, 2.75) is 152 Å². The molecule has 10 atom stereocenters. The van der Waals surface area contributed by atoms with Crippen molar-refractivity contribution < 1.29 is 140 Å². The van der Waals surface area contributed by atoms with Gasteiger partial charge in [0, 0.05) is 128 Å². The van der Waals surface area contributed by atoms with Crippen LogP contribution in [0.3, 0.4) is 0 Å². The predicted octanol–water partition coefficient (Wildman–Crippen LogP) is 7.06. The third-order valence-corrected chi connectivity index (χ3v) is 20.5. The first-order valence-electron chi connectivity index (χ1n) is 38.2. The Morgan fingerprint density at radius 1 is 0.598 bits per heavy atom. The topological polar surface area (TPSA) is 468 Å². The quantitative estimate of drug-likeness (QED) is 0.00354. The number of aromatic nitrogens is 2. The molecule has 1 fully saturated rings. The summed E-state index contributed by atoms with van der Waals surface area (Å²) < 4.78 is 79.2. The highest BCUT2D eigenvalue weighted by Gasteiger charge is 2.38. The molecule has 3 aromatic carbocycles. The van der Waals surface area contributed by atoms with E-state index in [9.17, 15) is 43.5 Å². The average molecular weight is 1720 g/mol. The van der Waals surface area contributed by atoms with Crippen LogP contribution in [0.1, 0.15) is 114 Å². The van der Waals surface area contributed by atoms with E-state index >= 15 is 0 Å². The maximum absolute atomic E-state index is 14.3. The smallest absolute Gasteiger partial charge is 0.407 e. The molecule has 2 aliphatic heterocycles. The van der Waals surface area contributed by atoms with Crippen molar-refractivity contribution in [2.75, 3.05) is 158 Å². The van der Waals surface area contributed by atoms with Crippen LogP contribution in [0.5, 0.6) is 23.0 Å². The van der Waals surface area contributed by atoms with Crippen LogP contribution in [0.25, 0.3) is 21.7 Å². The van der Waals surface area contributed by atoms with E-state index in [1.165, 1.54) is 49.8 Å². The molecule has 117 heavy (non-hydrogen) atoms. The van der Waals surface area contributed by atoms with Gasteiger partial charge in [0.25, 0.3) is 5.91 Å². The minimum Gasteiger partial charge on any atom is -0.493 e. The van der Waals surface area contributed by atoms with Crippen LogP contribution in [-0.2, 0) is 76.1 Å². The van der Waals surface area contributed by atoms with Crippen molar-refractivity contribution in [3.8, 4) is 23.0 Å². The number of aliphatic hydroxyl groups excluding tert-OH is 5. The van der Waals surface area contributed by atoms with Crippen LogP contribution >= 0.6 is 33.2 Å². The first-order chi connectivity index (χ1) is 56.5. The number of amides is 5. The first kappa shape index (κ1) is 101. The molecule has 4 heterocycles. The van der Waals surface area contributed by atoms with Gasteiger partial charge in [-0.2, -0.15) is 0 Å². The molecular weight excluding hydrogens is 1600 g/mol. The highest BCUT2D eigenvalue weighted by Crippen LogP contribution is 2.48. The molecule has 656 valence electrons. The number of likely N-dealkylation sites (tertiary alicyclic amines) is 1. The Bertz CT molecular complexity index is 3750. The summed E-state index contributed by atoms with van der Waals surface area (Å²) in [4.78, 5) is 109. The molecule has 0 spiro atoms. The van der Waals surface area contributed by atoms with Crippen molar-refractivity contribution >= 4 is 108 Å². The lowest BCUT2D eigenvalue weighted by molar-refractivity contribution is -0.194. The number of nitrogens with zero attached hydrogens (tertiary/aromatic N) is 3. The number of anilines is 1. The minimum atomic E-state index is -1.01. The second kappa shape index (κ2) is 57.1. The van der Waals surface area contributed by atoms with Crippen LogP contribution in [0.4, 0.5) is 15.3 Å². The minimum absolute atomic E-state index is 0.00516. The zero-order valence-corrected chi connectivity index (χ0v) is 70.5. The van der Waals surface area contributed by atoms with Crippen LogP contribution in [0.2, 0.25) is 0 Å². The van der Waals surface area contributed by atoms with Gasteiger partial charge < -0.3 is 132 Å². The van der Waals surface area contributed by atoms with Gasteiger partial charge >= 0.3 is 30.1 Å². The molecule has 9 unspecified atom stereocenters. The molecule has 2 aliphatic rings. The molecule has 7 rings (SSSR count). The van der Waals surface area contributed by atoms with Crippen molar-refractivity contribution in [2.24, 2.45) is 5.92 Å². The number of alkyl halides is 1. The summed E-state index contributed by atoms with van der Waals surface area (Å²) >= 11 is 6.52. The fourth-order valence-corrected chi connectivity index (χ4v) is 13.4. The van der Waals surface area contributed by atoms with Gasteiger partial charge in [0.15, 0.2) is 36.7 Å². The third kappa shape index (κ3) is 34.6. The van der Waals surface area contributed by atoms with E-state index in [1.54, 1.807) is 55.8 Å². The fourth-order valence-electron chi connectivity index (χ4n) is 11.3. The number of ether oxygens (including phenoxy) is 15. The van der Waals surface area contributed by atoms with Gasteiger partial charge in [-0.05, 0) is 84.5 Å². The van der Waals surface area contributed by atoms with Crippen LogP contribution in [0, 0.1) is 5.92 Å². The van der Waals surface area contributed by atoms with E-state index in [0.717, 1.165) is 21.7 Å². The van der Waals surface area contributed by atoms with Gasteiger partial charge in [0.1, 0.15) is 36.3 Å². The number of halogens is 1. The first-order valence-corrected chi connectivity index (χ1v) is 41.0. The number of alkyl carbamates (subject to hydrolysis) is 2. The SMILES string of the molecule is CCC(CO)OC(CO)OC.CCC(CO)OC(COC(=O)CCCC(=O)NCCSSc1ccccn1)OC.CCC(CO)OC(COC(=O)NCCC(=O)N1CCC(C(=O)Oc2cc3c(c4ccccc24)[C@@H](CCl)CN3C(=O)c2cc3cc(OC)c(OC)c(OC)c3[nH]2)C1)OC.CCC(CO)OC(COC(=O)NCCC(=O)O)OC. The second-order valence-corrected chi connectivity index (χ2v) is 28.5. The molecule has 1 saturated heterocycles. The van der Waals surface area contributed by atoms with Crippen molar-refractivity contribution in [1.82, 2.24) is 30.8 Å². The normalized spacial score (nSPS) is 15.5. The van der Waals surface area contributed by atoms with Crippen molar-refractivity contribution in [1.29, 1.82) is 0 Å². The number of aromatic amines is 1. The maximum atomic E-state index is 14.3. The summed E-state index contributed by atoms with van der Waals surface area (Å²) in [5.41, 5.74) is 2.32. The standard InChI is InChI=1S/C41H49ClN4O12.C19H30N2O6S2.C11H21NO7.C7H16O4/c1-6-26(21-47)57-34(53-3)22-56-41(51)43-13-11-33(48)45-14-12-23(19-45)40(50)58-31-17-30-35(28-10-8-7-9-27(28)31)25(18-42)20-46(30)39(49)29-15-24-16-32(52-2)37(54-4)38(55-5)36(24)44-29;1-3-15(13-22)27-19(25-2)14-26-18(24)9-6-7-16(23)20-11-12-28-29-17-8-4-5-10-21-17;1-3-8(6-13)19-10(17-2)7-18-11(16)12-5-4-9(14)15;1-3-6(4-8)11-7(5-9)10-2/h7-10,15-17,23,25-26,34,44,47H,6,11-14,18-22H2,1-5H3,(H,43,51);4-5,8,10,15,19,22H,3,6-7,9,11-14H2,1-2H3,(H,20,23);8,10,13H,3-7H2,1-2H3,(H,12,16)(H,14,15);6-9H,3-5H2,1-2H3/t23?,25-,26?,34?;;;/m0.../s1. The van der Waals surface area contributed by atoms with Gasteiger partial charge in [0.2, 0.25) is 17.6 Å². The van der Waals surface area contributed by atoms with Crippen molar-refractivity contribution in [3.05, 3.63) is 78.1 Å². The molecule has 0 aliphatic carbocycles. The molecule has 10 N–H and O–H groups in total. The number of rotatable bonds is 49. The summed E-state index contributed by atoms with van der Waals surface area (Å²) in [6.45, 7) is 7.72. The number of esters is 2. The Morgan fingerprint density at radius 2 is 1.15 bits per heavy atom. The van der Waals surface area contributed by atoms with Gasteiger partial charge in [-0.25, -0.2) is 14.6 Å². The Labute approximate surface area is 693 Å². The third-order valence-electron chi connectivity index (χ3n) is 17.9. The Kier molecular flexibility index (Phi) is 49.4. The molecule has 0 radical (unpaired) electrons. The fraction of sp³-hybridized carbons (Fsp3) is 0.603. The molecule has 39 heteroatoms. The van der Waals surface area contributed by atoms with E-state index in [1.807, 2.05) is 70.2 Å². The molecule has 5 aromatic rings. The maximum Gasteiger partial charge on any atom is 0.407 e. The molecule has 0 bridgehead atoms. The van der Waals surface area contributed by atoms with Crippen LogP contribution in [0.15, 0.2) is 71.9 Å². The largest absolute Gasteiger partial charge is 0.493 e. The number of carboxylic acids is 1. The van der Waals surface area contributed by atoms with E-state index in [-0.39, 0.29) is 152 Å². The number of hydrogen-bond acceptors (Lipinski definition) is 31. The molecular formula is C78H116ClN7O29S2.